The average Bonchev–Trinajstić information content (AvgIpc) is 2.41. The van der Waals surface area contributed by atoms with Crippen LogP contribution >= 0.6 is 0 Å². The number of carbonyl (C=O) groups excluding carboxylic acids is 1. The van der Waals surface area contributed by atoms with Gasteiger partial charge in [0.15, 0.2) is 5.78 Å². The zero-order chi connectivity index (χ0) is 15.0. The third-order valence-corrected chi connectivity index (χ3v) is 4.44. The smallest absolute Gasteiger partial charge is 0.159 e. The van der Waals surface area contributed by atoms with Crippen molar-refractivity contribution in [3.05, 3.63) is 29.3 Å². The summed E-state index contributed by atoms with van der Waals surface area (Å²) >= 11 is 0. The van der Waals surface area contributed by atoms with Crippen molar-refractivity contribution >= 4 is 16.6 Å². The number of rotatable bonds is 9. The van der Waals surface area contributed by atoms with Gasteiger partial charge in [-0.15, -0.1) is 0 Å². The van der Waals surface area contributed by atoms with Gasteiger partial charge in [-0.2, -0.15) is 0 Å². The first-order chi connectivity index (χ1) is 9.58. The summed E-state index contributed by atoms with van der Waals surface area (Å²) in [5, 5.41) is 0. The minimum atomic E-state index is -0.899. The molecule has 0 heterocycles. The van der Waals surface area contributed by atoms with E-state index in [9.17, 15) is 9.00 Å². The van der Waals surface area contributed by atoms with Crippen LogP contribution in [0.2, 0.25) is 0 Å². The van der Waals surface area contributed by atoms with Crippen molar-refractivity contribution in [3.63, 3.8) is 0 Å². The van der Waals surface area contributed by atoms with Crippen LogP contribution in [-0.4, -0.2) is 22.4 Å². The van der Waals surface area contributed by atoms with Crippen LogP contribution in [0.5, 0.6) is 5.75 Å². The third-order valence-electron chi connectivity index (χ3n) is 3.06. The van der Waals surface area contributed by atoms with Crippen LogP contribution in [0.25, 0.3) is 0 Å². The average molecular weight is 296 g/mol. The Morgan fingerprint density at radius 3 is 2.60 bits per heavy atom. The maximum absolute atomic E-state index is 12.1. The topological polar surface area (TPSA) is 43.4 Å². The molecule has 0 N–H and O–H groups in total. The highest BCUT2D eigenvalue weighted by atomic mass is 32.2. The highest BCUT2D eigenvalue weighted by Crippen LogP contribution is 2.22. The van der Waals surface area contributed by atoms with E-state index < -0.39 is 10.8 Å². The van der Waals surface area contributed by atoms with Crippen molar-refractivity contribution in [2.24, 2.45) is 0 Å². The van der Waals surface area contributed by atoms with E-state index in [-0.39, 0.29) is 5.78 Å². The van der Waals surface area contributed by atoms with E-state index in [0.29, 0.717) is 23.7 Å². The monoisotopic (exact) mass is 296 g/mol. The maximum Gasteiger partial charge on any atom is 0.159 e. The number of hydrogen-bond donors (Lipinski definition) is 0. The number of carbonyl (C=O) groups is 1. The molecule has 1 aromatic rings. The Bertz CT molecular complexity index is 469. The molecule has 3 nitrogen and oxygen atoms in total. The second-order valence-electron chi connectivity index (χ2n) is 4.81. The lowest BCUT2D eigenvalue weighted by Crippen LogP contribution is -2.05. The van der Waals surface area contributed by atoms with Crippen LogP contribution < -0.4 is 4.74 Å². The van der Waals surface area contributed by atoms with E-state index in [0.717, 1.165) is 30.6 Å². The Kier molecular flexibility index (Phi) is 7.52. The first-order valence-corrected chi connectivity index (χ1v) is 8.68. The maximum atomic E-state index is 12.1. The molecule has 1 aromatic carbocycles. The van der Waals surface area contributed by atoms with Gasteiger partial charge in [-0.05, 0) is 38.5 Å². The molecule has 0 aromatic heterocycles. The molecule has 4 heteroatoms. The van der Waals surface area contributed by atoms with Gasteiger partial charge in [0.2, 0.25) is 0 Å². The van der Waals surface area contributed by atoms with Crippen molar-refractivity contribution in [3.8, 4) is 5.75 Å². The fourth-order valence-corrected chi connectivity index (χ4v) is 3.21. The van der Waals surface area contributed by atoms with Gasteiger partial charge in [-0.3, -0.25) is 9.00 Å². The predicted molar refractivity (Wildman–Crippen MR) is 83.9 cm³/mol. The van der Waals surface area contributed by atoms with E-state index >= 15 is 0 Å². The van der Waals surface area contributed by atoms with Gasteiger partial charge in [0, 0.05) is 27.7 Å². The summed E-state index contributed by atoms with van der Waals surface area (Å²) in [4.78, 5) is 11.4. The van der Waals surface area contributed by atoms with Gasteiger partial charge in [-0.1, -0.05) is 19.8 Å². The van der Waals surface area contributed by atoms with Gasteiger partial charge in [0.1, 0.15) is 5.75 Å². The predicted octanol–water partition coefficient (Wildman–Crippen LogP) is 3.73. The number of Topliss-reactive ketones (excluding diaryl/α,β-unsaturated/α-hetero) is 1. The quantitative estimate of drug-likeness (QED) is 0.515. The van der Waals surface area contributed by atoms with Gasteiger partial charge < -0.3 is 4.74 Å². The molecule has 0 saturated heterocycles. The van der Waals surface area contributed by atoms with E-state index in [1.807, 2.05) is 13.0 Å². The largest absolute Gasteiger partial charge is 0.494 e. The highest BCUT2D eigenvalue weighted by Gasteiger charge is 2.11. The number of unbranched alkanes of at least 4 members (excludes halogenated alkanes) is 2. The van der Waals surface area contributed by atoms with Crippen LogP contribution in [0.3, 0.4) is 0 Å². The molecule has 0 amide bonds. The molecular weight excluding hydrogens is 272 g/mol. The van der Waals surface area contributed by atoms with E-state index in [4.69, 9.17) is 4.74 Å². The molecule has 0 spiro atoms. The number of benzene rings is 1. The third kappa shape index (κ3) is 5.45. The van der Waals surface area contributed by atoms with Crippen molar-refractivity contribution in [1.82, 2.24) is 0 Å². The van der Waals surface area contributed by atoms with E-state index in [1.54, 1.807) is 12.1 Å². The minimum absolute atomic E-state index is 0.0195. The summed E-state index contributed by atoms with van der Waals surface area (Å²) in [5.41, 5.74) is 1.52. The molecule has 1 rings (SSSR count). The summed E-state index contributed by atoms with van der Waals surface area (Å²) in [6, 6.07) is 5.38. The molecule has 0 saturated carbocycles. The van der Waals surface area contributed by atoms with Crippen LogP contribution in [0.15, 0.2) is 18.2 Å². The molecule has 0 aliphatic carbocycles. The molecule has 0 fully saturated rings. The summed E-state index contributed by atoms with van der Waals surface area (Å²) in [6.07, 6.45) is 3.22. The molecular formula is C16H24O3S. The zero-order valence-corrected chi connectivity index (χ0v) is 13.4. The van der Waals surface area contributed by atoms with Crippen molar-refractivity contribution in [1.29, 1.82) is 0 Å². The van der Waals surface area contributed by atoms with Crippen LogP contribution in [-0.2, 0) is 16.6 Å². The standard InChI is InChI=1S/C16H24O3S/c1-4-6-7-10-20(18)12-15-11-14(13(3)17)8-9-16(15)19-5-2/h8-9,11H,4-7,10,12H2,1-3H3. The summed E-state index contributed by atoms with van der Waals surface area (Å²) < 4.78 is 17.6. The Hall–Kier alpha value is -1.16. The minimum Gasteiger partial charge on any atom is -0.494 e. The van der Waals surface area contributed by atoms with Gasteiger partial charge in [0.05, 0.1) is 12.4 Å². The molecule has 112 valence electrons. The Labute approximate surface area is 124 Å². The van der Waals surface area contributed by atoms with Gasteiger partial charge in [0.25, 0.3) is 0 Å². The Morgan fingerprint density at radius 1 is 1.25 bits per heavy atom. The van der Waals surface area contributed by atoms with Gasteiger partial charge in [-0.25, -0.2) is 0 Å². The molecule has 0 radical (unpaired) electrons. The summed E-state index contributed by atoms with van der Waals surface area (Å²) in [5.74, 6) is 1.93. The highest BCUT2D eigenvalue weighted by molar-refractivity contribution is 7.84. The van der Waals surface area contributed by atoms with Crippen LogP contribution in [0.1, 0.15) is 56.0 Å². The molecule has 0 aliphatic rings. The number of ketones is 1. The fraction of sp³-hybridized carbons (Fsp3) is 0.562. The number of ether oxygens (including phenoxy) is 1. The Balaban J connectivity index is 2.81. The molecule has 0 aliphatic heterocycles. The molecule has 20 heavy (non-hydrogen) atoms. The normalized spacial score (nSPS) is 12.2. The van der Waals surface area contributed by atoms with Crippen molar-refractivity contribution < 1.29 is 13.7 Å². The van der Waals surface area contributed by atoms with Crippen molar-refractivity contribution in [2.75, 3.05) is 12.4 Å². The summed E-state index contributed by atoms with van der Waals surface area (Å²) in [7, 11) is -0.899. The second kappa shape index (κ2) is 8.90. The lowest BCUT2D eigenvalue weighted by atomic mass is 10.1. The van der Waals surface area contributed by atoms with Gasteiger partial charge >= 0.3 is 0 Å². The molecule has 1 unspecified atom stereocenters. The molecule has 1 atom stereocenters. The number of hydrogen-bond acceptors (Lipinski definition) is 3. The lowest BCUT2D eigenvalue weighted by molar-refractivity contribution is 0.101. The SMILES string of the molecule is CCCCCS(=O)Cc1cc(C(C)=O)ccc1OCC. The first kappa shape index (κ1) is 16.9. The zero-order valence-electron chi connectivity index (χ0n) is 12.6. The first-order valence-electron chi connectivity index (χ1n) is 7.20. The lowest BCUT2D eigenvalue weighted by Gasteiger charge is -2.11. The van der Waals surface area contributed by atoms with Crippen molar-refractivity contribution in [2.45, 2.75) is 45.8 Å². The Morgan fingerprint density at radius 2 is 2.00 bits per heavy atom. The second-order valence-corrected chi connectivity index (χ2v) is 6.38. The molecule has 0 bridgehead atoms. The summed E-state index contributed by atoms with van der Waals surface area (Å²) in [6.45, 7) is 6.15. The van der Waals surface area contributed by atoms with E-state index in [1.165, 1.54) is 6.92 Å². The fourth-order valence-electron chi connectivity index (χ4n) is 1.97. The van der Waals surface area contributed by atoms with Crippen LogP contribution in [0.4, 0.5) is 0 Å². The van der Waals surface area contributed by atoms with E-state index in [2.05, 4.69) is 6.92 Å². The van der Waals surface area contributed by atoms with Crippen LogP contribution in [0, 0.1) is 0 Å².